The van der Waals surface area contributed by atoms with Gasteiger partial charge in [0, 0.05) is 31.2 Å². The van der Waals surface area contributed by atoms with Gasteiger partial charge < -0.3 is 9.80 Å². The molecule has 0 N–H and O–H groups in total. The lowest BCUT2D eigenvalue weighted by Crippen LogP contribution is -2.55. The maximum Gasteiger partial charge on any atom is 0.246 e. The zero-order chi connectivity index (χ0) is 16.3. The molecule has 1 saturated heterocycles. The molecule has 1 aliphatic rings. The standard InChI is InChI=1S/C16H18F2N2O2/c1-3-15(21)19-6-7-20(11(2)10-19)16(22)9-12-8-13(17)4-5-14(12)18/h3-5,8,11H,1,6-7,9-10H2,2H3/t11-/m0/s1. The third-order valence-corrected chi connectivity index (χ3v) is 3.78. The number of halogens is 2. The number of piperazine rings is 1. The Morgan fingerprint density at radius 1 is 1.36 bits per heavy atom. The number of hydrogen-bond acceptors (Lipinski definition) is 2. The molecule has 1 aliphatic heterocycles. The van der Waals surface area contributed by atoms with Crippen molar-refractivity contribution in [2.75, 3.05) is 19.6 Å². The van der Waals surface area contributed by atoms with Gasteiger partial charge in [-0.1, -0.05) is 6.58 Å². The Labute approximate surface area is 128 Å². The predicted octanol–water partition coefficient (Wildman–Crippen LogP) is 1.75. The van der Waals surface area contributed by atoms with Crippen molar-refractivity contribution in [3.63, 3.8) is 0 Å². The topological polar surface area (TPSA) is 40.6 Å². The highest BCUT2D eigenvalue weighted by Crippen LogP contribution is 2.15. The van der Waals surface area contributed by atoms with E-state index in [1.807, 2.05) is 6.92 Å². The van der Waals surface area contributed by atoms with Gasteiger partial charge in [-0.25, -0.2) is 8.78 Å². The van der Waals surface area contributed by atoms with E-state index in [9.17, 15) is 18.4 Å². The molecule has 118 valence electrons. The fourth-order valence-corrected chi connectivity index (χ4v) is 2.60. The second kappa shape index (κ2) is 6.68. The fourth-order valence-electron chi connectivity index (χ4n) is 2.60. The second-order valence-electron chi connectivity index (χ2n) is 5.34. The first-order valence-electron chi connectivity index (χ1n) is 7.07. The lowest BCUT2D eigenvalue weighted by atomic mass is 10.1. The molecule has 1 heterocycles. The van der Waals surface area contributed by atoms with E-state index in [2.05, 4.69) is 6.58 Å². The summed E-state index contributed by atoms with van der Waals surface area (Å²) in [5.41, 5.74) is 0.0433. The first kappa shape index (κ1) is 16.1. The Morgan fingerprint density at radius 2 is 2.09 bits per heavy atom. The van der Waals surface area contributed by atoms with Crippen LogP contribution in [0.4, 0.5) is 8.78 Å². The van der Waals surface area contributed by atoms with E-state index in [1.165, 1.54) is 6.08 Å². The number of hydrogen-bond donors (Lipinski definition) is 0. The second-order valence-corrected chi connectivity index (χ2v) is 5.34. The van der Waals surface area contributed by atoms with Crippen LogP contribution in [0.15, 0.2) is 30.9 Å². The summed E-state index contributed by atoms with van der Waals surface area (Å²) in [6, 6.07) is 2.89. The van der Waals surface area contributed by atoms with E-state index < -0.39 is 11.6 Å². The van der Waals surface area contributed by atoms with Crippen LogP contribution in [0.25, 0.3) is 0 Å². The number of rotatable bonds is 3. The molecule has 4 nitrogen and oxygen atoms in total. The van der Waals surface area contributed by atoms with Crippen LogP contribution in [-0.2, 0) is 16.0 Å². The van der Waals surface area contributed by atoms with Crippen LogP contribution >= 0.6 is 0 Å². The summed E-state index contributed by atoms with van der Waals surface area (Å²) in [4.78, 5) is 27.1. The number of benzene rings is 1. The molecule has 6 heteroatoms. The highest BCUT2D eigenvalue weighted by molar-refractivity contribution is 5.87. The lowest BCUT2D eigenvalue weighted by Gasteiger charge is -2.39. The smallest absolute Gasteiger partial charge is 0.246 e. The van der Waals surface area contributed by atoms with Crippen molar-refractivity contribution in [3.8, 4) is 0 Å². The summed E-state index contributed by atoms with van der Waals surface area (Å²) in [7, 11) is 0. The Kier molecular flexibility index (Phi) is 4.90. The molecule has 0 radical (unpaired) electrons. The van der Waals surface area contributed by atoms with E-state index in [0.717, 1.165) is 18.2 Å². The molecule has 0 aromatic heterocycles. The Hall–Kier alpha value is -2.24. The fraction of sp³-hybridized carbons (Fsp3) is 0.375. The van der Waals surface area contributed by atoms with Crippen molar-refractivity contribution < 1.29 is 18.4 Å². The van der Waals surface area contributed by atoms with Gasteiger partial charge in [0.25, 0.3) is 0 Å². The lowest BCUT2D eigenvalue weighted by molar-refractivity contribution is -0.139. The van der Waals surface area contributed by atoms with Gasteiger partial charge in [0.2, 0.25) is 11.8 Å². The number of carbonyl (C=O) groups is 2. The maximum atomic E-state index is 13.6. The highest BCUT2D eigenvalue weighted by atomic mass is 19.1. The minimum absolute atomic E-state index is 0.0433. The number of amides is 2. The summed E-state index contributed by atoms with van der Waals surface area (Å²) < 4.78 is 26.8. The van der Waals surface area contributed by atoms with Gasteiger partial charge in [0.05, 0.1) is 6.42 Å². The maximum absolute atomic E-state index is 13.6. The van der Waals surface area contributed by atoms with Crippen molar-refractivity contribution in [2.45, 2.75) is 19.4 Å². The Balaban J connectivity index is 2.03. The molecule has 1 atom stereocenters. The average Bonchev–Trinajstić information content (AvgIpc) is 2.49. The van der Waals surface area contributed by atoms with E-state index in [-0.39, 0.29) is 29.8 Å². The third kappa shape index (κ3) is 3.50. The molecule has 0 saturated carbocycles. The van der Waals surface area contributed by atoms with E-state index in [4.69, 9.17) is 0 Å². The molecule has 0 aliphatic carbocycles. The summed E-state index contributed by atoms with van der Waals surface area (Å²) in [6.07, 6.45) is 1.05. The van der Waals surface area contributed by atoms with Crippen molar-refractivity contribution >= 4 is 11.8 Å². The van der Waals surface area contributed by atoms with Crippen LogP contribution in [0.1, 0.15) is 12.5 Å². The molecule has 2 amide bonds. The minimum atomic E-state index is -0.595. The first-order valence-corrected chi connectivity index (χ1v) is 7.07. The Bertz CT molecular complexity index is 604. The molecule has 1 aromatic carbocycles. The van der Waals surface area contributed by atoms with Crippen LogP contribution in [0.3, 0.4) is 0 Å². The first-order chi connectivity index (χ1) is 10.4. The normalized spacial score (nSPS) is 18.2. The van der Waals surface area contributed by atoms with Crippen LogP contribution < -0.4 is 0 Å². The van der Waals surface area contributed by atoms with Gasteiger partial charge in [0.1, 0.15) is 11.6 Å². The van der Waals surface area contributed by atoms with E-state index in [1.54, 1.807) is 9.80 Å². The quantitative estimate of drug-likeness (QED) is 0.798. The van der Waals surface area contributed by atoms with Gasteiger partial charge in [-0.05, 0) is 31.2 Å². The third-order valence-electron chi connectivity index (χ3n) is 3.78. The molecule has 1 fully saturated rings. The minimum Gasteiger partial charge on any atom is -0.336 e. The molecular weight excluding hydrogens is 290 g/mol. The number of nitrogens with zero attached hydrogens (tertiary/aromatic N) is 2. The largest absolute Gasteiger partial charge is 0.336 e. The molecule has 1 aromatic rings. The number of carbonyl (C=O) groups excluding carboxylic acids is 2. The van der Waals surface area contributed by atoms with Crippen LogP contribution in [0.2, 0.25) is 0 Å². The molecule has 2 rings (SSSR count). The molecular formula is C16H18F2N2O2. The zero-order valence-corrected chi connectivity index (χ0v) is 12.4. The molecule has 22 heavy (non-hydrogen) atoms. The van der Waals surface area contributed by atoms with Gasteiger partial charge in [-0.3, -0.25) is 9.59 Å². The van der Waals surface area contributed by atoms with Crippen molar-refractivity contribution in [1.82, 2.24) is 9.80 Å². The molecule has 0 unspecified atom stereocenters. The zero-order valence-electron chi connectivity index (χ0n) is 12.4. The summed E-state index contributed by atoms with van der Waals surface area (Å²) in [5, 5.41) is 0. The van der Waals surface area contributed by atoms with Gasteiger partial charge in [-0.2, -0.15) is 0 Å². The Morgan fingerprint density at radius 3 is 2.73 bits per heavy atom. The summed E-state index contributed by atoms with van der Waals surface area (Å²) in [6.45, 7) is 6.45. The highest BCUT2D eigenvalue weighted by Gasteiger charge is 2.29. The van der Waals surface area contributed by atoms with E-state index in [0.29, 0.717) is 19.6 Å². The van der Waals surface area contributed by atoms with Crippen LogP contribution in [0, 0.1) is 11.6 Å². The van der Waals surface area contributed by atoms with Crippen molar-refractivity contribution in [1.29, 1.82) is 0 Å². The van der Waals surface area contributed by atoms with Crippen molar-refractivity contribution in [2.24, 2.45) is 0 Å². The monoisotopic (exact) mass is 308 g/mol. The summed E-state index contributed by atoms with van der Waals surface area (Å²) in [5.74, 6) is -1.61. The van der Waals surface area contributed by atoms with Gasteiger partial charge >= 0.3 is 0 Å². The van der Waals surface area contributed by atoms with Crippen LogP contribution in [0.5, 0.6) is 0 Å². The van der Waals surface area contributed by atoms with Gasteiger partial charge in [-0.15, -0.1) is 0 Å². The summed E-state index contributed by atoms with van der Waals surface area (Å²) >= 11 is 0. The van der Waals surface area contributed by atoms with E-state index >= 15 is 0 Å². The molecule has 0 spiro atoms. The van der Waals surface area contributed by atoms with Crippen LogP contribution in [-0.4, -0.2) is 47.3 Å². The SMILES string of the molecule is C=CC(=O)N1CCN(C(=O)Cc2cc(F)ccc2F)[C@@H](C)C1. The molecule has 0 bridgehead atoms. The average molecular weight is 308 g/mol. The predicted molar refractivity (Wildman–Crippen MR) is 78.0 cm³/mol. The van der Waals surface area contributed by atoms with Crippen molar-refractivity contribution in [3.05, 3.63) is 48.1 Å². The van der Waals surface area contributed by atoms with Gasteiger partial charge in [0.15, 0.2) is 0 Å².